The highest BCUT2D eigenvalue weighted by Crippen LogP contribution is 2.40. The second kappa shape index (κ2) is 6.87. The molecule has 29 heavy (non-hydrogen) atoms. The molecule has 1 fully saturated rings. The van der Waals surface area contributed by atoms with Gasteiger partial charge in [0.15, 0.2) is 12.2 Å². The number of amides is 3. The molecule has 1 aromatic carbocycles. The van der Waals surface area contributed by atoms with E-state index in [1.807, 2.05) is 47.9 Å². The van der Waals surface area contributed by atoms with Gasteiger partial charge in [-0.15, -0.1) is 0 Å². The predicted molar refractivity (Wildman–Crippen MR) is 109 cm³/mol. The molecular formula is C19H20BrN5O4. The Morgan fingerprint density at radius 2 is 1.83 bits per heavy atom. The van der Waals surface area contributed by atoms with Crippen LogP contribution in [0.5, 0.6) is 0 Å². The fourth-order valence-corrected chi connectivity index (χ4v) is 4.12. The number of hydrogen-bond donors (Lipinski definition) is 0. The van der Waals surface area contributed by atoms with Crippen LogP contribution >= 0.6 is 15.9 Å². The van der Waals surface area contributed by atoms with Crippen molar-refractivity contribution < 1.29 is 19.1 Å². The normalized spacial score (nSPS) is 23.6. The lowest BCUT2D eigenvalue weighted by atomic mass is 10.1. The first kappa shape index (κ1) is 19.4. The van der Waals surface area contributed by atoms with Crippen LogP contribution in [-0.4, -0.2) is 71.5 Å². The Morgan fingerprint density at radius 3 is 2.45 bits per heavy atom. The zero-order chi connectivity index (χ0) is 21.0. The zero-order valence-corrected chi connectivity index (χ0v) is 18.0. The third-order valence-electron chi connectivity index (χ3n) is 5.49. The summed E-state index contributed by atoms with van der Waals surface area (Å²) in [6.07, 6.45) is -0.667. The zero-order valence-electron chi connectivity index (χ0n) is 16.4. The third kappa shape index (κ3) is 2.81. The first-order valence-corrected chi connectivity index (χ1v) is 9.80. The van der Waals surface area contributed by atoms with Crippen molar-refractivity contribution in [2.24, 2.45) is 4.99 Å². The van der Waals surface area contributed by atoms with E-state index in [4.69, 9.17) is 4.99 Å². The Hall–Kier alpha value is -2.88. The number of rotatable bonds is 3. The predicted octanol–water partition coefficient (Wildman–Crippen LogP) is 1.95. The average Bonchev–Trinajstić information content (AvgIpc) is 3.20. The third-order valence-corrected chi connectivity index (χ3v) is 6.02. The molecule has 3 amide bonds. The average molecular weight is 462 g/mol. The number of likely N-dealkylation sites (N-methyl/N-ethyl adjacent to an activating group) is 1. The molecule has 0 N–H and O–H groups in total. The van der Waals surface area contributed by atoms with E-state index in [9.17, 15) is 14.4 Å². The van der Waals surface area contributed by atoms with E-state index < -0.39 is 36.7 Å². The van der Waals surface area contributed by atoms with Gasteiger partial charge in [0.25, 0.3) is 5.91 Å². The maximum absolute atomic E-state index is 13.2. The summed E-state index contributed by atoms with van der Waals surface area (Å²) < 4.78 is 5.59. The Labute approximate surface area is 176 Å². The summed E-state index contributed by atoms with van der Waals surface area (Å²) in [6, 6.07) is 6.47. The lowest BCUT2D eigenvalue weighted by molar-refractivity contribution is -0.148. The molecule has 0 saturated carbocycles. The Kier molecular flexibility index (Phi) is 4.60. The second-order valence-corrected chi connectivity index (χ2v) is 7.95. The summed E-state index contributed by atoms with van der Waals surface area (Å²) in [5, 5.41) is 0. The van der Waals surface area contributed by atoms with Gasteiger partial charge < -0.3 is 9.64 Å². The number of carbonyl (C=O) groups is 3. The molecule has 0 aliphatic carbocycles. The van der Waals surface area contributed by atoms with E-state index in [0.717, 1.165) is 26.5 Å². The molecular weight excluding hydrogens is 442 g/mol. The number of hydrogen-bond acceptors (Lipinski definition) is 7. The maximum Gasteiger partial charge on any atom is 0.328 e. The molecule has 4 rings (SSSR count). The molecule has 2 atom stereocenters. The van der Waals surface area contributed by atoms with Gasteiger partial charge in [0, 0.05) is 28.6 Å². The van der Waals surface area contributed by atoms with E-state index >= 15 is 0 Å². The van der Waals surface area contributed by atoms with Crippen LogP contribution in [0.2, 0.25) is 0 Å². The number of guanidine groups is 1. The summed E-state index contributed by atoms with van der Waals surface area (Å²) in [6.45, 7) is 3.45. The molecule has 0 aromatic heterocycles. The highest BCUT2D eigenvalue weighted by molar-refractivity contribution is 9.10. The van der Waals surface area contributed by atoms with Crippen LogP contribution in [0, 0.1) is 0 Å². The Balaban J connectivity index is 1.74. The van der Waals surface area contributed by atoms with Crippen molar-refractivity contribution in [1.29, 1.82) is 0 Å². The number of urea groups is 1. The summed E-state index contributed by atoms with van der Waals surface area (Å²) in [7, 11) is 2.80. The van der Waals surface area contributed by atoms with Gasteiger partial charge in [-0.05, 0) is 38.1 Å². The van der Waals surface area contributed by atoms with Gasteiger partial charge in [-0.2, -0.15) is 0 Å². The molecule has 1 aromatic rings. The van der Waals surface area contributed by atoms with Crippen LogP contribution in [0.3, 0.4) is 0 Å². The van der Waals surface area contributed by atoms with E-state index in [1.54, 1.807) is 7.05 Å². The maximum atomic E-state index is 13.2. The van der Waals surface area contributed by atoms with Crippen molar-refractivity contribution in [3.8, 4) is 0 Å². The number of benzene rings is 1. The molecule has 3 heterocycles. The number of imide groups is 1. The Morgan fingerprint density at radius 1 is 1.17 bits per heavy atom. The van der Waals surface area contributed by atoms with Crippen molar-refractivity contribution >= 4 is 45.5 Å². The van der Waals surface area contributed by atoms with Crippen LogP contribution in [-0.2, 0) is 14.3 Å². The standard InChI is InChI=1S/C19H20BrN5O4/c1-10-11(2)25-15-16(21-18(25)24(10)13-7-5-12(20)6-8-13)22(3)19(28)23(17(15)27)9-14(26)29-4/h5-8,15-16H,9H2,1-4H3. The van der Waals surface area contributed by atoms with Crippen LogP contribution in [0.15, 0.2) is 45.1 Å². The minimum Gasteiger partial charge on any atom is -0.468 e. The Bertz CT molecular complexity index is 973. The van der Waals surface area contributed by atoms with Crippen molar-refractivity contribution in [2.45, 2.75) is 26.1 Å². The van der Waals surface area contributed by atoms with Crippen LogP contribution < -0.4 is 4.90 Å². The topological polar surface area (TPSA) is 85.8 Å². The molecule has 1 saturated heterocycles. The van der Waals surface area contributed by atoms with Gasteiger partial charge in [0.05, 0.1) is 7.11 Å². The van der Waals surface area contributed by atoms with Gasteiger partial charge in [-0.3, -0.25) is 24.3 Å². The molecule has 10 heteroatoms. The molecule has 0 bridgehead atoms. The first-order valence-electron chi connectivity index (χ1n) is 9.01. The van der Waals surface area contributed by atoms with Crippen molar-refractivity contribution in [3.63, 3.8) is 0 Å². The molecule has 152 valence electrons. The number of anilines is 1. The largest absolute Gasteiger partial charge is 0.468 e. The van der Waals surface area contributed by atoms with Gasteiger partial charge in [0.1, 0.15) is 6.54 Å². The monoisotopic (exact) mass is 461 g/mol. The van der Waals surface area contributed by atoms with E-state index in [0.29, 0.717) is 5.96 Å². The van der Waals surface area contributed by atoms with Crippen molar-refractivity contribution in [3.05, 3.63) is 40.1 Å². The van der Waals surface area contributed by atoms with Crippen LogP contribution in [0.4, 0.5) is 10.5 Å². The van der Waals surface area contributed by atoms with Gasteiger partial charge in [0.2, 0.25) is 5.96 Å². The second-order valence-electron chi connectivity index (χ2n) is 7.03. The minimum atomic E-state index is -0.729. The number of carbonyl (C=O) groups excluding carboxylic acids is 3. The van der Waals surface area contributed by atoms with Gasteiger partial charge in [-0.1, -0.05) is 15.9 Å². The SMILES string of the molecule is COC(=O)CN1C(=O)C2C(N=C3N(c4ccc(Br)cc4)C(C)=C(C)N32)N(C)C1=O. The quantitative estimate of drug-likeness (QED) is 0.639. The molecule has 9 nitrogen and oxygen atoms in total. The van der Waals surface area contributed by atoms with Crippen LogP contribution in [0.25, 0.3) is 0 Å². The fourth-order valence-electron chi connectivity index (χ4n) is 3.85. The van der Waals surface area contributed by atoms with Crippen molar-refractivity contribution in [1.82, 2.24) is 14.7 Å². The molecule has 0 radical (unpaired) electrons. The summed E-state index contributed by atoms with van der Waals surface area (Å²) >= 11 is 3.44. The van der Waals surface area contributed by atoms with Gasteiger partial charge >= 0.3 is 12.0 Å². The summed E-state index contributed by atoms with van der Waals surface area (Å²) in [5.41, 5.74) is 2.71. The number of allylic oxidation sites excluding steroid dienone is 2. The number of aliphatic imine (C=N–C) groups is 1. The number of esters is 1. The number of halogens is 1. The highest BCUT2D eigenvalue weighted by atomic mass is 79.9. The number of nitrogens with zero attached hydrogens (tertiary/aromatic N) is 5. The van der Waals surface area contributed by atoms with Crippen molar-refractivity contribution in [2.75, 3.05) is 25.6 Å². The van der Waals surface area contributed by atoms with E-state index in [2.05, 4.69) is 20.7 Å². The van der Waals surface area contributed by atoms with Gasteiger partial charge in [-0.25, -0.2) is 9.79 Å². The highest BCUT2D eigenvalue weighted by Gasteiger charge is 2.56. The summed E-state index contributed by atoms with van der Waals surface area (Å²) in [4.78, 5) is 48.5. The smallest absolute Gasteiger partial charge is 0.328 e. The van der Waals surface area contributed by atoms with Crippen LogP contribution in [0.1, 0.15) is 13.8 Å². The number of fused-ring (bicyclic) bond motifs is 3. The lowest BCUT2D eigenvalue weighted by Gasteiger charge is -2.40. The molecule has 3 aliphatic rings. The van der Waals surface area contributed by atoms with E-state index in [-0.39, 0.29) is 0 Å². The first-order chi connectivity index (χ1) is 13.8. The number of ether oxygens (including phenoxy) is 1. The minimum absolute atomic E-state index is 0.428. The number of methoxy groups -OCH3 is 1. The molecule has 0 spiro atoms. The fraction of sp³-hybridized carbons (Fsp3) is 0.368. The summed E-state index contributed by atoms with van der Waals surface area (Å²) in [5.74, 6) is -0.531. The molecule has 3 aliphatic heterocycles. The lowest BCUT2D eigenvalue weighted by Crippen LogP contribution is -2.65. The van der Waals surface area contributed by atoms with E-state index in [1.165, 1.54) is 12.0 Å². The molecule has 2 unspecified atom stereocenters.